The molecule has 0 saturated heterocycles. The number of pyridine rings is 1. The van der Waals surface area contributed by atoms with Crippen LogP contribution in [0.1, 0.15) is 5.56 Å². The lowest BCUT2D eigenvalue weighted by Gasteiger charge is -2.08. The van der Waals surface area contributed by atoms with Gasteiger partial charge in [-0.1, -0.05) is 23.2 Å². The predicted octanol–water partition coefficient (Wildman–Crippen LogP) is 3.26. The Balaban J connectivity index is 2.51. The molecule has 0 atom stereocenters. The monoisotopic (exact) mass is 296 g/mol. The Morgan fingerprint density at radius 3 is 2.74 bits per heavy atom. The van der Waals surface area contributed by atoms with E-state index in [-0.39, 0.29) is 12.2 Å². The van der Waals surface area contributed by atoms with Gasteiger partial charge in [0.25, 0.3) is 0 Å². The SMILES string of the molecule is Nc1ncc(-c2cc(Cl)ccc2Cl)cc1CC(=O)O. The number of hydrogen-bond acceptors (Lipinski definition) is 3. The number of halogens is 2. The van der Waals surface area contributed by atoms with Gasteiger partial charge in [-0.2, -0.15) is 0 Å². The quantitative estimate of drug-likeness (QED) is 0.911. The Kier molecular flexibility index (Phi) is 3.93. The third kappa shape index (κ3) is 3.16. The minimum absolute atomic E-state index is 0.190. The maximum Gasteiger partial charge on any atom is 0.307 e. The van der Waals surface area contributed by atoms with Gasteiger partial charge in [0.05, 0.1) is 6.42 Å². The maximum atomic E-state index is 10.8. The lowest BCUT2D eigenvalue weighted by Crippen LogP contribution is -2.05. The molecule has 6 heteroatoms. The molecular weight excluding hydrogens is 287 g/mol. The number of hydrogen-bond donors (Lipinski definition) is 2. The van der Waals surface area contributed by atoms with Gasteiger partial charge in [-0.25, -0.2) is 4.98 Å². The molecule has 0 amide bonds. The molecule has 0 fully saturated rings. The first kappa shape index (κ1) is 13.6. The number of nitrogens with zero attached hydrogens (tertiary/aromatic N) is 1. The largest absolute Gasteiger partial charge is 0.481 e. The van der Waals surface area contributed by atoms with Crippen LogP contribution in [0.5, 0.6) is 0 Å². The first-order valence-electron chi connectivity index (χ1n) is 5.39. The van der Waals surface area contributed by atoms with Gasteiger partial charge in [0, 0.05) is 32.9 Å². The molecule has 0 aliphatic rings. The van der Waals surface area contributed by atoms with Gasteiger partial charge in [0.2, 0.25) is 0 Å². The zero-order valence-corrected chi connectivity index (χ0v) is 11.2. The van der Waals surface area contributed by atoms with Crippen molar-refractivity contribution in [3.05, 3.63) is 46.1 Å². The molecular formula is C13H10Cl2N2O2. The lowest BCUT2D eigenvalue weighted by molar-refractivity contribution is -0.136. The number of nitrogen functional groups attached to an aromatic ring is 1. The Morgan fingerprint density at radius 2 is 2.05 bits per heavy atom. The topological polar surface area (TPSA) is 76.2 Å². The summed E-state index contributed by atoms with van der Waals surface area (Å²) in [6.07, 6.45) is 1.35. The highest BCUT2D eigenvalue weighted by Crippen LogP contribution is 2.31. The van der Waals surface area contributed by atoms with E-state index in [0.717, 1.165) is 0 Å². The van der Waals surface area contributed by atoms with Gasteiger partial charge in [-0.3, -0.25) is 4.79 Å². The molecule has 0 unspecified atom stereocenters. The first-order valence-corrected chi connectivity index (χ1v) is 6.14. The lowest BCUT2D eigenvalue weighted by atomic mass is 10.0. The van der Waals surface area contributed by atoms with E-state index in [1.807, 2.05) is 0 Å². The molecule has 1 aromatic carbocycles. The standard InChI is InChI=1S/C13H10Cl2N2O2/c14-9-1-2-11(15)10(5-9)8-3-7(4-12(18)19)13(16)17-6-8/h1-3,5-6H,4H2,(H2,16,17)(H,18,19). The predicted molar refractivity (Wildman–Crippen MR) is 75.4 cm³/mol. The molecule has 3 N–H and O–H groups in total. The Hall–Kier alpha value is -1.78. The van der Waals surface area contributed by atoms with Crippen molar-refractivity contribution in [2.24, 2.45) is 0 Å². The number of carboxylic acid groups (broad SMARTS) is 1. The van der Waals surface area contributed by atoms with Gasteiger partial charge >= 0.3 is 5.97 Å². The van der Waals surface area contributed by atoms with Crippen molar-refractivity contribution in [2.45, 2.75) is 6.42 Å². The summed E-state index contributed by atoms with van der Waals surface area (Å²) in [5.41, 5.74) is 7.46. The fraction of sp³-hybridized carbons (Fsp3) is 0.0769. The van der Waals surface area contributed by atoms with Gasteiger partial charge in [0.1, 0.15) is 5.82 Å². The van der Waals surface area contributed by atoms with Crippen LogP contribution in [0, 0.1) is 0 Å². The van der Waals surface area contributed by atoms with Crippen LogP contribution < -0.4 is 5.73 Å². The molecule has 2 aromatic rings. The normalized spacial score (nSPS) is 10.4. The molecule has 98 valence electrons. The smallest absolute Gasteiger partial charge is 0.307 e. The van der Waals surface area contributed by atoms with Gasteiger partial charge in [0.15, 0.2) is 0 Å². The summed E-state index contributed by atoms with van der Waals surface area (Å²) in [6, 6.07) is 6.71. The minimum Gasteiger partial charge on any atom is -0.481 e. The van der Waals surface area contributed by atoms with E-state index < -0.39 is 5.97 Å². The summed E-state index contributed by atoms with van der Waals surface area (Å²) < 4.78 is 0. The van der Waals surface area contributed by atoms with E-state index in [2.05, 4.69) is 4.98 Å². The van der Waals surface area contributed by atoms with Crippen molar-refractivity contribution in [1.82, 2.24) is 4.98 Å². The van der Waals surface area contributed by atoms with Crippen LogP contribution in [-0.2, 0) is 11.2 Å². The molecule has 0 saturated carbocycles. The zero-order valence-electron chi connectivity index (χ0n) is 9.73. The van der Waals surface area contributed by atoms with E-state index in [9.17, 15) is 4.79 Å². The molecule has 4 nitrogen and oxygen atoms in total. The first-order chi connectivity index (χ1) is 8.97. The summed E-state index contributed by atoms with van der Waals surface area (Å²) in [4.78, 5) is 14.8. The van der Waals surface area contributed by atoms with Gasteiger partial charge < -0.3 is 10.8 Å². The number of rotatable bonds is 3. The fourth-order valence-electron chi connectivity index (χ4n) is 1.69. The molecule has 0 bridgehead atoms. The van der Waals surface area contributed by atoms with Crippen LogP contribution in [0.25, 0.3) is 11.1 Å². The fourth-order valence-corrected chi connectivity index (χ4v) is 2.09. The van der Waals surface area contributed by atoms with E-state index in [4.69, 9.17) is 34.0 Å². The average Bonchev–Trinajstić information content (AvgIpc) is 2.34. The third-order valence-electron chi connectivity index (χ3n) is 2.58. The summed E-state index contributed by atoms with van der Waals surface area (Å²) >= 11 is 12.0. The highest BCUT2D eigenvalue weighted by atomic mass is 35.5. The van der Waals surface area contributed by atoms with Crippen molar-refractivity contribution in [3.63, 3.8) is 0 Å². The zero-order chi connectivity index (χ0) is 14.0. The second kappa shape index (κ2) is 5.47. The van der Waals surface area contributed by atoms with Crippen molar-refractivity contribution >= 4 is 35.0 Å². The summed E-state index contributed by atoms with van der Waals surface area (Å²) in [5, 5.41) is 9.87. The van der Waals surface area contributed by atoms with Crippen LogP contribution in [0.3, 0.4) is 0 Å². The Morgan fingerprint density at radius 1 is 1.32 bits per heavy atom. The molecule has 0 aliphatic carbocycles. The van der Waals surface area contributed by atoms with E-state index in [1.54, 1.807) is 24.3 Å². The van der Waals surface area contributed by atoms with Crippen LogP contribution in [0.2, 0.25) is 10.0 Å². The maximum absolute atomic E-state index is 10.8. The minimum atomic E-state index is -0.970. The third-order valence-corrected chi connectivity index (χ3v) is 3.15. The number of anilines is 1. The number of aromatic nitrogens is 1. The van der Waals surface area contributed by atoms with E-state index in [1.165, 1.54) is 6.20 Å². The van der Waals surface area contributed by atoms with Crippen molar-refractivity contribution in [3.8, 4) is 11.1 Å². The average molecular weight is 297 g/mol. The van der Waals surface area contributed by atoms with E-state index in [0.29, 0.717) is 26.7 Å². The van der Waals surface area contributed by atoms with Crippen molar-refractivity contribution < 1.29 is 9.90 Å². The summed E-state index contributed by atoms with van der Waals surface area (Å²) in [7, 11) is 0. The van der Waals surface area contributed by atoms with Crippen LogP contribution in [-0.4, -0.2) is 16.1 Å². The highest BCUT2D eigenvalue weighted by Gasteiger charge is 2.10. The molecule has 0 aliphatic heterocycles. The number of nitrogens with two attached hydrogens (primary N) is 1. The number of benzene rings is 1. The summed E-state index contributed by atoms with van der Waals surface area (Å²) in [5.74, 6) is -0.771. The van der Waals surface area contributed by atoms with Crippen LogP contribution in [0.4, 0.5) is 5.82 Å². The van der Waals surface area contributed by atoms with E-state index >= 15 is 0 Å². The van der Waals surface area contributed by atoms with Crippen molar-refractivity contribution in [1.29, 1.82) is 0 Å². The highest BCUT2D eigenvalue weighted by molar-refractivity contribution is 6.35. The molecule has 2 rings (SSSR count). The van der Waals surface area contributed by atoms with Crippen LogP contribution >= 0.6 is 23.2 Å². The second-order valence-electron chi connectivity index (χ2n) is 3.96. The second-order valence-corrected chi connectivity index (χ2v) is 4.81. The summed E-state index contributed by atoms with van der Waals surface area (Å²) in [6.45, 7) is 0. The molecule has 1 aromatic heterocycles. The van der Waals surface area contributed by atoms with Crippen molar-refractivity contribution in [2.75, 3.05) is 5.73 Å². The molecule has 0 spiro atoms. The molecule has 19 heavy (non-hydrogen) atoms. The number of carbonyl (C=O) groups is 1. The molecule has 1 heterocycles. The molecule has 0 radical (unpaired) electrons. The number of aliphatic carboxylic acids is 1. The Bertz CT molecular complexity index is 645. The van der Waals surface area contributed by atoms with Crippen LogP contribution in [0.15, 0.2) is 30.5 Å². The van der Waals surface area contributed by atoms with Gasteiger partial charge in [-0.15, -0.1) is 0 Å². The Labute approximate surface area is 119 Å². The number of carboxylic acids is 1. The van der Waals surface area contributed by atoms with Gasteiger partial charge in [-0.05, 0) is 24.3 Å².